The smallest absolute Gasteiger partial charge is 0.251 e. The van der Waals surface area contributed by atoms with Gasteiger partial charge in [0.1, 0.15) is 5.60 Å². The second-order valence-corrected chi connectivity index (χ2v) is 4.69. The van der Waals surface area contributed by atoms with E-state index in [2.05, 4.69) is 5.92 Å². The second kappa shape index (κ2) is 3.92. The van der Waals surface area contributed by atoms with E-state index < -0.39 is 15.7 Å². The summed E-state index contributed by atoms with van der Waals surface area (Å²) in [6, 6.07) is 0. The predicted octanol–water partition coefficient (Wildman–Crippen LogP) is 1.15. The zero-order chi connectivity index (χ0) is 9.83. The molecule has 0 aromatic rings. The molecular weight excluding hydrogens is 176 g/mol. The van der Waals surface area contributed by atoms with Crippen molar-refractivity contribution in [2.45, 2.75) is 32.8 Å². The third kappa shape index (κ3) is 4.37. The Bertz CT molecular complexity index is 269. The van der Waals surface area contributed by atoms with Crippen LogP contribution in [0.1, 0.15) is 27.2 Å². The Morgan fingerprint density at radius 1 is 1.50 bits per heavy atom. The molecule has 0 saturated carbocycles. The first-order valence-electron chi connectivity index (χ1n) is 3.74. The molecule has 0 atom stereocenters. The summed E-state index contributed by atoms with van der Waals surface area (Å²) < 4.78 is 26.9. The molecule has 0 rings (SSSR count). The number of rotatable bonds is 4. The van der Waals surface area contributed by atoms with E-state index in [-0.39, 0.29) is 5.75 Å². The standard InChI is InChI=1S/C8H14O3S/c1-5-7-12(9,10)11-8(3,4)6-2/h2H,5,7H2,1,3-4H3. The molecule has 0 bridgehead atoms. The fraction of sp³-hybridized carbons (Fsp3) is 0.750. The van der Waals surface area contributed by atoms with Crippen molar-refractivity contribution in [1.29, 1.82) is 0 Å². The Balaban J connectivity index is 4.38. The zero-order valence-electron chi connectivity index (χ0n) is 7.62. The van der Waals surface area contributed by atoms with Crippen molar-refractivity contribution in [3.8, 4) is 12.3 Å². The molecule has 12 heavy (non-hydrogen) atoms. The molecule has 0 saturated heterocycles. The van der Waals surface area contributed by atoms with Gasteiger partial charge in [-0.3, -0.25) is 4.18 Å². The highest BCUT2D eigenvalue weighted by atomic mass is 32.2. The quantitative estimate of drug-likeness (QED) is 0.493. The van der Waals surface area contributed by atoms with Crippen molar-refractivity contribution < 1.29 is 12.6 Å². The predicted molar refractivity (Wildman–Crippen MR) is 48.1 cm³/mol. The van der Waals surface area contributed by atoms with Crippen LogP contribution in [0.2, 0.25) is 0 Å². The highest BCUT2D eigenvalue weighted by Crippen LogP contribution is 2.12. The van der Waals surface area contributed by atoms with E-state index in [9.17, 15) is 8.42 Å². The molecule has 0 aromatic heterocycles. The molecule has 0 aromatic carbocycles. The monoisotopic (exact) mass is 190 g/mol. The summed E-state index contributed by atoms with van der Waals surface area (Å²) in [6.45, 7) is 4.85. The van der Waals surface area contributed by atoms with Crippen LogP contribution in [0.4, 0.5) is 0 Å². The van der Waals surface area contributed by atoms with Crippen molar-refractivity contribution >= 4 is 10.1 Å². The van der Waals surface area contributed by atoms with Crippen LogP contribution in [0, 0.1) is 12.3 Å². The third-order valence-corrected chi connectivity index (χ3v) is 2.72. The van der Waals surface area contributed by atoms with Gasteiger partial charge in [0.15, 0.2) is 0 Å². The molecule has 0 aliphatic carbocycles. The van der Waals surface area contributed by atoms with E-state index in [1.165, 1.54) is 0 Å². The van der Waals surface area contributed by atoms with Crippen molar-refractivity contribution in [1.82, 2.24) is 0 Å². The summed E-state index contributed by atoms with van der Waals surface area (Å²) in [6.07, 6.45) is 5.60. The van der Waals surface area contributed by atoms with Gasteiger partial charge in [-0.1, -0.05) is 12.8 Å². The summed E-state index contributed by atoms with van der Waals surface area (Å²) >= 11 is 0. The molecule has 0 radical (unpaired) electrons. The first-order valence-corrected chi connectivity index (χ1v) is 5.32. The van der Waals surface area contributed by atoms with E-state index in [0.717, 1.165) is 0 Å². The van der Waals surface area contributed by atoms with Gasteiger partial charge in [0.05, 0.1) is 5.75 Å². The molecule has 70 valence electrons. The van der Waals surface area contributed by atoms with Crippen molar-refractivity contribution in [3.05, 3.63) is 0 Å². The molecule has 4 heteroatoms. The molecule has 0 spiro atoms. The topological polar surface area (TPSA) is 43.4 Å². The van der Waals surface area contributed by atoms with Gasteiger partial charge >= 0.3 is 0 Å². The number of terminal acetylenes is 1. The van der Waals surface area contributed by atoms with Gasteiger partial charge in [-0.15, -0.1) is 6.42 Å². The van der Waals surface area contributed by atoms with E-state index in [1.54, 1.807) is 20.8 Å². The van der Waals surface area contributed by atoms with Crippen LogP contribution in [-0.4, -0.2) is 19.8 Å². The highest BCUT2D eigenvalue weighted by Gasteiger charge is 2.23. The van der Waals surface area contributed by atoms with E-state index in [4.69, 9.17) is 10.6 Å². The lowest BCUT2D eigenvalue weighted by Gasteiger charge is -2.17. The van der Waals surface area contributed by atoms with Gasteiger partial charge in [0.2, 0.25) is 0 Å². The summed E-state index contributed by atoms with van der Waals surface area (Å²) in [5.74, 6) is 2.27. The third-order valence-electron chi connectivity index (χ3n) is 1.14. The van der Waals surface area contributed by atoms with Gasteiger partial charge in [-0.2, -0.15) is 8.42 Å². The first kappa shape index (κ1) is 11.5. The van der Waals surface area contributed by atoms with Crippen LogP contribution in [0.25, 0.3) is 0 Å². The normalized spacial score (nSPS) is 12.5. The Morgan fingerprint density at radius 2 is 2.00 bits per heavy atom. The van der Waals surface area contributed by atoms with E-state index in [0.29, 0.717) is 6.42 Å². The number of hydrogen-bond donors (Lipinski definition) is 0. The zero-order valence-corrected chi connectivity index (χ0v) is 8.44. The van der Waals surface area contributed by atoms with Crippen molar-refractivity contribution in [2.75, 3.05) is 5.75 Å². The van der Waals surface area contributed by atoms with Crippen LogP contribution in [0.3, 0.4) is 0 Å². The van der Waals surface area contributed by atoms with Crippen LogP contribution < -0.4 is 0 Å². The average Bonchev–Trinajstić information content (AvgIpc) is 1.85. The lowest BCUT2D eigenvalue weighted by Crippen LogP contribution is -2.27. The molecule has 0 amide bonds. The fourth-order valence-corrected chi connectivity index (χ4v) is 1.90. The Kier molecular flexibility index (Phi) is 3.75. The van der Waals surface area contributed by atoms with E-state index in [1.807, 2.05) is 0 Å². The van der Waals surface area contributed by atoms with Gasteiger partial charge in [0.25, 0.3) is 10.1 Å². The number of hydrogen-bond acceptors (Lipinski definition) is 3. The van der Waals surface area contributed by atoms with Crippen LogP contribution >= 0.6 is 0 Å². The molecule has 0 fully saturated rings. The van der Waals surface area contributed by atoms with Crippen LogP contribution in [-0.2, 0) is 14.3 Å². The van der Waals surface area contributed by atoms with Crippen molar-refractivity contribution in [2.24, 2.45) is 0 Å². The minimum Gasteiger partial charge on any atom is -0.251 e. The summed E-state index contributed by atoms with van der Waals surface area (Å²) in [7, 11) is -3.44. The van der Waals surface area contributed by atoms with Gasteiger partial charge in [0, 0.05) is 0 Å². The highest BCUT2D eigenvalue weighted by molar-refractivity contribution is 7.86. The Labute approximate surface area is 74.2 Å². The molecule has 0 aliphatic rings. The first-order chi connectivity index (χ1) is 5.33. The van der Waals surface area contributed by atoms with E-state index >= 15 is 0 Å². The molecule has 0 N–H and O–H groups in total. The summed E-state index contributed by atoms with van der Waals surface area (Å²) in [5.41, 5.74) is -1.03. The maximum atomic E-state index is 11.1. The molecular formula is C8H14O3S. The lowest BCUT2D eigenvalue weighted by molar-refractivity contribution is 0.181. The minimum absolute atomic E-state index is 0.0120. The SMILES string of the molecule is C#CC(C)(C)OS(=O)(=O)CCC. The van der Waals surface area contributed by atoms with Gasteiger partial charge in [-0.05, 0) is 20.3 Å². The molecule has 0 heterocycles. The summed E-state index contributed by atoms with van der Waals surface area (Å²) in [4.78, 5) is 0. The fourth-order valence-electron chi connectivity index (χ4n) is 0.633. The second-order valence-electron chi connectivity index (χ2n) is 3.00. The maximum absolute atomic E-state index is 11.1. The van der Waals surface area contributed by atoms with Crippen LogP contribution in [0.5, 0.6) is 0 Å². The van der Waals surface area contributed by atoms with Gasteiger partial charge in [-0.25, -0.2) is 0 Å². The molecule has 3 nitrogen and oxygen atoms in total. The molecule has 0 aliphatic heterocycles. The van der Waals surface area contributed by atoms with Crippen molar-refractivity contribution in [3.63, 3.8) is 0 Å². The largest absolute Gasteiger partial charge is 0.268 e. The van der Waals surface area contributed by atoms with Gasteiger partial charge < -0.3 is 0 Å². The maximum Gasteiger partial charge on any atom is 0.268 e. The Hall–Kier alpha value is -0.530. The molecule has 0 unspecified atom stereocenters. The van der Waals surface area contributed by atoms with Crippen LogP contribution in [0.15, 0.2) is 0 Å². The minimum atomic E-state index is -3.44. The lowest BCUT2D eigenvalue weighted by atomic mass is 10.2. The average molecular weight is 190 g/mol. The Morgan fingerprint density at radius 3 is 2.33 bits per heavy atom. The summed E-state index contributed by atoms with van der Waals surface area (Å²) in [5, 5.41) is 0.